The van der Waals surface area contributed by atoms with Crippen LogP contribution in [0.5, 0.6) is 0 Å². The minimum Gasteiger partial charge on any atom is -0.285 e. The quantitative estimate of drug-likeness (QED) is 0.216. The fourth-order valence-electron chi connectivity index (χ4n) is 3.18. The van der Waals surface area contributed by atoms with Crippen molar-refractivity contribution in [1.29, 1.82) is 0 Å². The standard InChI is InChI=1S/2C12H12N2O3S.2ClH.Ru/c2*1-9-2-4-13-11(6-9)12-7-10(3-5-14-12)8-18(15,16)17;;;/h2*2-7H,8H2,1H3,(H,15,16,17);2*1H;. The zero-order chi connectivity index (χ0) is 26.3. The molecule has 4 heterocycles. The Morgan fingerprint density at radius 3 is 1.13 bits per heavy atom. The van der Waals surface area contributed by atoms with Crippen molar-refractivity contribution in [2.45, 2.75) is 25.4 Å². The molecule has 39 heavy (non-hydrogen) atoms. The molecule has 0 atom stereocenters. The molecule has 0 fully saturated rings. The number of aryl methyl sites for hydroxylation is 2. The van der Waals surface area contributed by atoms with Crippen molar-refractivity contribution >= 4 is 45.1 Å². The first kappa shape index (κ1) is 36.6. The molecule has 4 aromatic rings. The van der Waals surface area contributed by atoms with Gasteiger partial charge in [0.1, 0.15) is 11.5 Å². The van der Waals surface area contributed by atoms with Gasteiger partial charge in [-0.15, -0.1) is 24.8 Å². The maximum atomic E-state index is 10.8. The van der Waals surface area contributed by atoms with Crippen LogP contribution in [0.15, 0.2) is 73.3 Å². The zero-order valence-electron chi connectivity index (χ0n) is 20.6. The number of nitrogens with zero attached hydrogens (tertiary/aromatic N) is 4. The average Bonchev–Trinajstić information content (AvgIpc) is 2.78. The largest absolute Gasteiger partial charge is 0.285 e. The summed E-state index contributed by atoms with van der Waals surface area (Å²) in [5.41, 5.74) is 5.56. The van der Waals surface area contributed by atoms with Crippen molar-refractivity contribution in [1.82, 2.24) is 19.9 Å². The molecule has 10 nitrogen and oxygen atoms in total. The van der Waals surface area contributed by atoms with Gasteiger partial charge in [-0.05, 0) is 84.6 Å². The van der Waals surface area contributed by atoms with Crippen molar-refractivity contribution in [2.75, 3.05) is 0 Å². The number of rotatable bonds is 6. The fraction of sp³-hybridized carbons (Fsp3) is 0.167. The molecule has 212 valence electrons. The Bertz CT molecular complexity index is 1470. The van der Waals surface area contributed by atoms with E-state index in [0.717, 1.165) is 11.1 Å². The number of halogens is 2. The summed E-state index contributed by atoms with van der Waals surface area (Å²) in [5, 5.41) is 0. The van der Waals surface area contributed by atoms with Crippen LogP contribution in [0.1, 0.15) is 22.3 Å². The van der Waals surface area contributed by atoms with Crippen LogP contribution < -0.4 is 0 Å². The Balaban J connectivity index is 0.000000688. The molecule has 0 saturated heterocycles. The smallest absolute Gasteiger partial charge is 0.269 e. The SMILES string of the molecule is Cc1ccnc(-c2cc(CS(=O)(=O)O)ccn2)c1.Cc1ccnc(-c2cc(CS(=O)(=O)O)ccn2)c1.Cl.Cl.[Ru]. The average molecular weight is 703 g/mol. The van der Waals surface area contributed by atoms with Gasteiger partial charge in [0.25, 0.3) is 20.2 Å². The van der Waals surface area contributed by atoms with Crippen LogP contribution in [0.3, 0.4) is 0 Å². The number of aromatic nitrogens is 4. The molecular weight excluding hydrogens is 676 g/mol. The Labute approximate surface area is 252 Å². The summed E-state index contributed by atoms with van der Waals surface area (Å²) < 4.78 is 60.9. The number of pyridine rings is 4. The predicted molar refractivity (Wildman–Crippen MR) is 149 cm³/mol. The van der Waals surface area contributed by atoms with Crippen molar-refractivity contribution in [3.63, 3.8) is 0 Å². The summed E-state index contributed by atoms with van der Waals surface area (Å²) in [6, 6.07) is 13.8. The third-order valence-corrected chi connectivity index (χ3v) is 6.10. The van der Waals surface area contributed by atoms with Gasteiger partial charge in [-0.3, -0.25) is 29.0 Å². The van der Waals surface area contributed by atoms with Gasteiger partial charge in [-0.2, -0.15) is 16.8 Å². The molecule has 0 aliphatic carbocycles. The molecule has 0 unspecified atom stereocenters. The van der Waals surface area contributed by atoms with Crippen LogP contribution in [-0.4, -0.2) is 45.9 Å². The monoisotopic (exact) mass is 702 g/mol. The first-order valence-corrected chi connectivity index (χ1v) is 13.8. The molecule has 2 N–H and O–H groups in total. The van der Waals surface area contributed by atoms with Crippen LogP contribution in [0, 0.1) is 13.8 Å². The minimum absolute atomic E-state index is 0. The van der Waals surface area contributed by atoms with Crippen LogP contribution >= 0.6 is 24.8 Å². The van der Waals surface area contributed by atoms with E-state index in [-0.39, 0.29) is 44.3 Å². The maximum absolute atomic E-state index is 10.8. The van der Waals surface area contributed by atoms with Crippen LogP contribution in [-0.2, 0) is 51.2 Å². The van der Waals surface area contributed by atoms with Crippen molar-refractivity contribution in [2.24, 2.45) is 0 Å². The van der Waals surface area contributed by atoms with Gasteiger partial charge in [-0.25, -0.2) is 0 Å². The molecule has 0 spiro atoms. The summed E-state index contributed by atoms with van der Waals surface area (Å²) in [7, 11) is -8.06. The van der Waals surface area contributed by atoms with Gasteiger partial charge in [-0.1, -0.05) is 0 Å². The normalized spacial score (nSPS) is 10.6. The Hall–Kier alpha value is -2.38. The zero-order valence-corrected chi connectivity index (χ0v) is 25.6. The van der Waals surface area contributed by atoms with Gasteiger partial charge >= 0.3 is 0 Å². The van der Waals surface area contributed by atoms with E-state index in [9.17, 15) is 16.8 Å². The molecule has 0 radical (unpaired) electrons. The molecular formula is C24H26Cl2N4O6RuS2. The van der Waals surface area contributed by atoms with E-state index in [4.69, 9.17) is 9.11 Å². The number of hydrogen-bond donors (Lipinski definition) is 2. The van der Waals surface area contributed by atoms with Crippen molar-refractivity contribution < 1.29 is 45.4 Å². The van der Waals surface area contributed by atoms with Crippen LogP contribution in [0.2, 0.25) is 0 Å². The molecule has 0 aliphatic rings. The van der Waals surface area contributed by atoms with Gasteiger partial charge < -0.3 is 0 Å². The van der Waals surface area contributed by atoms with Crippen LogP contribution in [0.25, 0.3) is 22.8 Å². The Kier molecular flexibility index (Phi) is 15.0. The topological polar surface area (TPSA) is 160 Å². The second kappa shape index (κ2) is 16.0. The Morgan fingerprint density at radius 2 is 0.846 bits per heavy atom. The predicted octanol–water partition coefficient (Wildman–Crippen LogP) is 4.52. The van der Waals surface area contributed by atoms with Crippen LogP contribution in [0.4, 0.5) is 0 Å². The summed E-state index contributed by atoms with van der Waals surface area (Å²) in [6.45, 7) is 3.88. The summed E-state index contributed by atoms with van der Waals surface area (Å²) in [4.78, 5) is 16.6. The molecule has 4 aromatic heterocycles. The van der Waals surface area contributed by atoms with Gasteiger partial charge in [0.15, 0.2) is 0 Å². The third-order valence-electron chi connectivity index (χ3n) is 4.70. The summed E-state index contributed by atoms with van der Waals surface area (Å²) >= 11 is 0. The molecule has 4 rings (SSSR count). The van der Waals surface area contributed by atoms with E-state index in [1.54, 1.807) is 36.7 Å². The first-order chi connectivity index (χ1) is 16.9. The number of hydrogen-bond acceptors (Lipinski definition) is 8. The minimum atomic E-state index is -4.03. The first-order valence-electron chi connectivity index (χ1n) is 10.5. The Morgan fingerprint density at radius 1 is 0.564 bits per heavy atom. The van der Waals surface area contributed by atoms with E-state index in [1.165, 1.54) is 12.4 Å². The van der Waals surface area contributed by atoms with E-state index in [1.807, 2.05) is 38.1 Å². The third kappa shape index (κ3) is 13.0. The second-order valence-corrected chi connectivity index (χ2v) is 10.9. The molecule has 0 bridgehead atoms. The molecule has 0 saturated carbocycles. The van der Waals surface area contributed by atoms with E-state index in [0.29, 0.717) is 33.9 Å². The molecule has 15 heteroatoms. The van der Waals surface area contributed by atoms with E-state index in [2.05, 4.69) is 19.9 Å². The summed E-state index contributed by atoms with van der Waals surface area (Å²) in [6.07, 6.45) is 6.34. The molecule has 0 aliphatic heterocycles. The van der Waals surface area contributed by atoms with E-state index < -0.39 is 31.7 Å². The second-order valence-electron chi connectivity index (χ2n) is 7.99. The van der Waals surface area contributed by atoms with Crippen molar-refractivity contribution in [3.05, 3.63) is 95.6 Å². The molecule has 0 amide bonds. The van der Waals surface area contributed by atoms with E-state index >= 15 is 0 Å². The van der Waals surface area contributed by atoms with Crippen molar-refractivity contribution in [3.8, 4) is 22.8 Å². The molecule has 0 aromatic carbocycles. The summed E-state index contributed by atoms with van der Waals surface area (Å²) in [5.74, 6) is -0.845. The van der Waals surface area contributed by atoms with Gasteiger partial charge in [0, 0.05) is 44.3 Å². The van der Waals surface area contributed by atoms with Gasteiger partial charge in [0.05, 0.1) is 22.8 Å². The van der Waals surface area contributed by atoms with Gasteiger partial charge in [0.2, 0.25) is 0 Å². The fourth-order valence-corrected chi connectivity index (χ4v) is 4.38. The maximum Gasteiger partial charge on any atom is 0.269 e.